The number of carboxylic acid groups (broad SMARTS) is 1. The molecule has 3 rings (SSSR count). The lowest BCUT2D eigenvalue weighted by atomic mass is 10.0. The number of anilines is 2. The number of rotatable bonds is 5. The number of hydrogen-bond donors (Lipinski definition) is 2. The van der Waals surface area contributed by atoms with Crippen LogP contribution in [0.15, 0.2) is 12.1 Å². The third kappa shape index (κ3) is 5.42. The summed E-state index contributed by atoms with van der Waals surface area (Å²) in [7, 11) is 0. The first-order valence-electron chi connectivity index (χ1n) is 11.2. The highest BCUT2D eigenvalue weighted by atomic mass is 16.6. The number of aromatic carboxylic acids is 1. The second-order valence-corrected chi connectivity index (χ2v) is 9.30. The molecule has 8 nitrogen and oxygen atoms in total. The minimum absolute atomic E-state index is 0.226. The lowest BCUT2D eigenvalue weighted by molar-refractivity contribution is 0.0240. The SMILES string of the molecule is CCN(c1cc(C(=O)O)cc(N2CCN(C(=O)OC(C)(C)C)CC2)c1C)C1CCCN1. The fourth-order valence-corrected chi connectivity index (χ4v) is 4.38. The van der Waals surface area contributed by atoms with E-state index >= 15 is 0 Å². The smallest absolute Gasteiger partial charge is 0.410 e. The molecule has 0 aliphatic carbocycles. The van der Waals surface area contributed by atoms with Gasteiger partial charge in [-0.2, -0.15) is 0 Å². The van der Waals surface area contributed by atoms with E-state index < -0.39 is 11.6 Å². The van der Waals surface area contributed by atoms with Gasteiger partial charge in [0, 0.05) is 44.1 Å². The quantitative estimate of drug-likeness (QED) is 0.738. The Morgan fingerprint density at radius 3 is 2.42 bits per heavy atom. The fourth-order valence-electron chi connectivity index (χ4n) is 4.38. The van der Waals surface area contributed by atoms with Crippen molar-refractivity contribution in [3.05, 3.63) is 23.3 Å². The first kappa shape index (κ1) is 23.2. The van der Waals surface area contributed by atoms with Gasteiger partial charge in [-0.05, 0) is 71.7 Å². The zero-order chi connectivity index (χ0) is 22.8. The van der Waals surface area contributed by atoms with Crippen LogP contribution in [-0.4, -0.2) is 73.1 Å². The van der Waals surface area contributed by atoms with Gasteiger partial charge in [-0.15, -0.1) is 0 Å². The summed E-state index contributed by atoms with van der Waals surface area (Å²) in [6.07, 6.45) is 2.10. The standard InChI is InChI=1S/C23H36N4O4/c1-6-27(20-8-7-9-24-20)19-15-17(21(28)29)14-18(16(19)2)25-10-12-26(13-11-25)22(30)31-23(3,4)5/h14-15,20,24H,6-13H2,1-5H3,(H,28,29). The van der Waals surface area contributed by atoms with Crippen LogP contribution in [0.25, 0.3) is 0 Å². The summed E-state index contributed by atoms with van der Waals surface area (Å²) in [5.41, 5.74) is 2.74. The van der Waals surface area contributed by atoms with Gasteiger partial charge in [-0.1, -0.05) is 0 Å². The molecule has 1 aromatic carbocycles. The molecule has 1 amide bonds. The minimum atomic E-state index is -0.926. The maximum absolute atomic E-state index is 12.4. The number of hydrogen-bond acceptors (Lipinski definition) is 6. The van der Waals surface area contributed by atoms with E-state index in [0.717, 1.165) is 42.9 Å². The number of nitrogens with zero attached hydrogens (tertiary/aromatic N) is 3. The Morgan fingerprint density at radius 2 is 1.90 bits per heavy atom. The highest BCUT2D eigenvalue weighted by Crippen LogP contribution is 2.34. The Hall–Kier alpha value is -2.48. The van der Waals surface area contributed by atoms with Crippen LogP contribution in [-0.2, 0) is 4.74 Å². The van der Waals surface area contributed by atoms with Gasteiger partial charge in [-0.25, -0.2) is 9.59 Å². The van der Waals surface area contributed by atoms with Crippen LogP contribution in [0, 0.1) is 6.92 Å². The van der Waals surface area contributed by atoms with Crippen LogP contribution in [0.2, 0.25) is 0 Å². The van der Waals surface area contributed by atoms with Crippen molar-refractivity contribution in [1.82, 2.24) is 10.2 Å². The molecule has 2 fully saturated rings. The van der Waals surface area contributed by atoms with Gasteiger partial charge in [0.1, 0.15) is 5.60 Å². The van der Waals surface area contributed by atoms with Crippen molar-refractivity contribution in [3.8, 4) is 0 Å². The number of piperazine rings is 1. The Balaban J connectivity index is 1.83. The number of amides is 1. The summed E-state index contributed by atoms with van der Waals surface area (Å²) in [6, 6.07) is 3.56. The average molecular weight is 433 g/mol. The molecule has 8 heteroatoms. The monoisotopic (exact) mass is 432 g/mol. The van der Waals surface area contributed by atoms with E-state index in [1.54, 1.807) is 17.0 Å². The third-order valence-electron chi connectivity index (χ3n) is 5.93. The van der Waals surface area contributed by atoms with Crippen molar-refractivity contribution in [2.75, 3.05) is 49.1 Å². The molecule has 2 aliphatic rings. The molecule has 0 bridgehead atoms. The molecule has 0 aromatic heterocycles. The Kier molecular flexibility index (Phi) is 6.99. The van der Waals surface area contributed by atoms with Crippen LogP contribution in [0.4, 0.5) is 16.2 Å². The molecular formula is C23H36N4O4. The van der Waals surface area contributed by atoms with Gasteiger partial charge in [0.05, 0.1) is 11.7 Å². The molecule has 31 heavy (non-hydrogen) atoms. The summed E-state index contributed by atoms with van der Waals surface area (Å²) in [5, 5.41) is 13.3. The Labute approximate surface area is 185 Å². The zero-order valence-corrected chi connectivity index (χ0v) is 19.4. The molecule has 2 aliphatic heterocycles. The van der Waals surface area contributed by atoms with E-state index in [-0.39, 0.29) is 12.3 Å². The molecule has 2 N–H and O–H groups in total. The van der Waals surface area contributed by atoms with Crippen LogP contribution < -0.4 is 15.1 Å². The average Bonchev–Trinajstić information content (AvgIpc) is 3.23. The second kappa shape index (κ2) is 9.34. The number of carbonyl (C=O) groups excluding carboxylic acids is 1. The molecule has 0 saturated carbocycles. The molecule has 1 unspecified atom stereocenters. The van der Waals surface area contributed by atoms with E-state index in [1.807, 2.05) is 20.8 Å². The van der Waals surface area contributed by atoms with Gasteiger partial charge in [0.2, 0.25) is 0 Å². The van der Waals surface area contributed by atoms with Crippen LogP contribution in [0.5, 0.6) is 0 Å². The van der Waals surface area contributed by atoms with Gasteiger partial charge >= 0.3 is 12.1 Å². The predicted molar refractivity (Wildman–Crippen MR) is 122 cm³/mol. The summed E-state index contributed by atoms with van der Waals surface area (Å²) in [5.74, 6) is -0.926. The van der Waals surface area contributed by atoms with Crippen LogP contribution in [0.1, 0.15) is 56.5 Å². The van der Waals surface area contributed by atoms with Gasteiger partial charge in [0.25, 0.3) is 0 Å². The maximum Gasteiger partial charge on any atom is 0.410 e. The van der Waals surface area contributed by atoms with Gasteiger partial charge in [-0.3, -0.25) is 5.32 Å². The molecule has 172 valence electrons. The summed E-state index contributed by atoms with van der Waals surface area (Å²) >= 11 is 0. The normalized spacial score (nSPS) is 19.5. The van der Waals surface area contributed by atoms with Crippen molar-refractivity contribution in [3.63, 3.8) is 0 Å². The van der Waals surface area contributed by atoms with E-state index in [4.69, 9.17) is 4.74 Å². The number of nitrogens with one attached hydrogen (secondary N) is 1. The summed E-state index contributed by atoms with van der Waals surface area (Å²) in [6.45, 7) is 13.9. The number of ether oxygens (including phenoxy) is 1. The molecule has 1 aromatic rings. The molecule has 1 atom stereocenters. The molecule has 2 saturated heterocycles. The highest BCUT2D eigenvalue weighted by Gasteiger charge is 2.29. The van der Waals surface area contributed by atoms with Crippen molar-refractivity contribution < 1.29 is 19.4 Å². The Morgan fingerprint density at radius 1 is 1.23 bits per heavy atom. The maximum atomic E-state index is 12.4. The molecular weight excluding hydrogens is 396 g/mol. The van der Waals surface area contributed by atoms with E-state index in [2.05, 4.69) is 29.0 Å². The largest absolute Gasteiger partial charge is 0.478 e. The minimum Gasteiger partial charge on any atom is -0.478 e. The van der Waals surface area contributed by atoms with Crippen LogP contribution in [0.3, 0.4) is 0 Å². The lowest BCUT2D eigenvalue weighted by Crippen LogP contribution is -2.50. The van der Waals surface area contributed by atoms with Gasteiger partial charge in [0.15, 0.2) is 0 Å². The summed E-state index contributed by atoms with van der Waals surface area (Å²) in [4.78, 5) is 30.5. The number of carbonyl (C=O) groups is 2. The second-order valence-electron chi connectivity index (χ2n) is 9.30. The number of benzene rings is 1. The van der Waals surface area contributed by atoms with E-state index in [1.165, 1.54) is 0 Å². The highest BCUT2D eigenvalue weighted by molar-refractivity contribution is 5.92. The molecule has 0 radical (unpaired) electrons. The molecule has 0 spiro atoms. The predicted octanol–water partition coefficient (Wildman–Crippen LogP) is 3.29. The molecule has 2 heterocycles. The fraction of sp³-hybridized carbons (Fsp3) is 0.652. The summed E-state index contributed by atoms with van der Waals surface area (Å²) < 4.78 is 5.49. The van der Waals surface area contributed by atoms with Crippen molar-refractivity contribution in [1.29, 1.82) is 0 Å². The van der Waals surface area contributed by atoms with Crippen molar-refractivity contribution in [2.45, 2.75) is 59.2 Å². The van der Waals surface area contributed by atoms with E-state index in [0.29, 0.717) is 31.7 Å². The van der Waals surface area contributed by atoms with Gasteiger partial charge < -0.3 is 24.5 Å². The number of carboxylic acids is 1. The topological polar surface area (TPSA) is 85.4 Å². The van der Waals surface area contributed by atoms with E-state index in [9.17, 15) is 14.7 Å². The first-order valence-corrected chi connectivity index (χ1v) is 11.2. The van der Waals surface area contributed by atoms with Crippen LogP contribution >= 0.6 is 0 Å². The Bertz CT molecular complexity index is 807. The first-order chi connectivity index (χ1) is 14.6. The van der Waals surface area contributed by atoms with Crippen molar-refractivity contribution >= 4 is 23.4 Å². The van der Waals surface area contributed by atoms with Crippen molar-refractivity contribution in [2.24, 2.45) is 0 Å². The zero-order valence-electron chi connectivity index (χ0n) is 19.4. The lowest BCUT2D eigenvalue weighted by Gasteiger charge is -2.39. The third-order valence-corrected chi connectivity index (χ3v) is 5.93.